The van der Waals surface area contributed by atoms with Crippen LogP contribution in [0.1, 0.15) is 36.6 Å². The van der Waals surface area contributed by atoms with Crippen LogP contribution < -0.4 is 20.7 Å². The van der Waals surface area contributed by atoms with E-state index in [2.05, 4.69) is 5.32 Å². The number of carbonyl (C=O) groups excluding carboxylic acids is 3. The van der Waals surface area contributed by atoms with Crippen molar-refractivity contribution in [3.63, 3.8) is 0 Å². The Morgan fingerprint density at radius 1 is 1.00 bits per heavy atom. The number of aliphatic hydroxyl groups excluding tert-OH is 1. The molecule has 3 aromatic rings. The summed E-state index contributed by atoms with van der Waals surface area (Å²) < 4.78 is 32.4. The summed E-state index contributed by atoms with van der Waals surface area (Å²) in [5, 5.41) is 21.4. The number of β-lactam (4-membered cyclic amide) rings is 1. The third-order valence-electron chi connectivity index (χ3n) is 7.36. The van der Waals surface area contributed by atoms with Crippen molar-refractivity contribution in [2.45, 2.75) is 36.8 Å². The number of amides is 2. The van der Waals surface area contributed by atoms with Gasteiger partial charge in [0, 0.05) is 17.9 Å². The minimum atomic E-state index is -1.21. The number of rotatable bonds is 15. The normalized spacial score (nSPS) is 18.0. The molecule has 13 heteroatoms. The second-order valence-electron chi connectivity index (χ2n) is 10.7. The highest BCUT2D eigenvalue weighted by molar-refractivity contribution is 8.00. The molecule has 1 aliphatic heterocycles. The second kappa shape index (κ2) is 15.1. The van der Waals surface area contributed by atoms with Gasteiger partial charge in [-0.3, -0.25) is 19.2 Å². The zero-order chi connectivity index (χ0) is 32.7. The molecule has 1 aliphatic rings. The number of carboxylic acids is 1. The summed E-state index contributed by atoms with van der Waals surface area (Å²) in [6, 6.07) is 16.1. The van der Waals surface area contributed by atoms with E-state index in [1.807, 2.05) is 0 Å². The molecule has 0 saturated carbocycles. The number of nitrogens with one attached hydrogen (secondary N) is 1. The maximum absolute atomic E-state index is 13.6. The van der Waals surface area contributed by atoms with Gasteiger partial charge in [-0.25, -0.2) is 8.78 Å². The second-order valence-corrected chi connectivity index (χ2v) is 11.8. The SMILES string of the molecule is CC(CC(=O)CNC(=O)COc1ccc([C@@H]2[C@@H](SCC(O)c3ccc(F)cc3)C(=O)N2c2ccc(F)cc2)cc1)[C@@H](N)C(=O)O. The van der Waals surface area contributed by atoms with Crippen LogP contribution in [-0.4, -0.2) is 64.0 Å². The first kappa shape index (κ1) is 33.6. The maximum Gasteiger partial charge on any atom is 0.320 e. The molecule has 45 heavy (non-hydrogen) atoms. The Morgan fingerprint density at radius 3 is 2.20 bits per heavy atom. The van der Waals surface area contributed by atoms with Crippen molar-refractivity contribution in [1.82, 2.24) is 5.32 Å². The lowest BCUT2D eigenvalue weighted by atomic mass is 9.92. The van der Waals surface area contributed by atoms with Gasteiger partial charge in [-0.2, -0.15) is 0 Å². The molecule has 5 atom stereocenters. The number of thioether (sulfide) groups is 1. The van der Waals surface area contributed by atoms with Gasteiger partial charge in [-0.15, -0.1) is 11.8 Å². The number of carbonyl (C=O) groups is 4. The Balaban J connectivity index is 1.36. The fraction of sp³-hybridized carbons (Fsp3) is 0.312. The first-order valence-electron chi connectivity index (χ1n) is 14.1. The quantitative estimate of drug-likeness (QED) is 0.183. The standard InChI is InChI=1S/C32H33F2N3O7S/c1-18(28(35)32(42)43)14-24(38)15-36-27(40)16-44-25-12-4-20(5-13-25)29-30(31(41)37(29)23-10-8-22(34)9-11-23)45-17-26(39)19-2-6-21(33)7-3-19/h2-13,18,26,28-30,39H,14-17,35H2,1H3,(H,36,40)(H,42,43)/t18?,26?,28-,29-,30-/m1/s1. The number of aliphatic carboxylic acids is 1. The number of halogens is 2. The highest BCUT2D eigenvalue weighted by atomic mass is 32.2. The molecule has 2 amide bonds. The van der Waals surface area contributed by atoms with Gasteiger partial charge in [0.25, 0.3) is 5.91 Å². The Kier molecular flexibility index (Phi) is 11.3. The van der Waals surface area contributed by atoms with Crippen LogP contribution in [0.15, 0.2) is 72.8 Å². The van der Waals surface area contributed by atoms with Crippen LogP contribution in [0, 0.1) is 17.6 Å². The number of ether oxygens (including phenoxy) is 1. The third-order valence-corrected chi connectivity index (χ3v) is 8.69. The first-order valence-corrected chi connectivity index (χ1v) is 15.1. The highest BCUT2D eigenvalue weighted by Gasteiger charge is 2.49. The smallest absolute Gasteiger partial charge is 0.320 e. The van der Waals surface area contributed by atoms with Gasteiger partial charge < -0.3 is 30.9 Å². The lowest BCUT2D eigenvalue weighted by Crippen LogP contribution is -2.57. The molecule has 10 nitrogen and oxygen atoms in total. The van der Waals surface area contributed by atoms with Crippen LogP contribution >= 0.6 is 11.8 Å². The van der Waals surface area contributed by atoms with E-state index in [1.54, 1.807) is 36.1 Å². The van der Waals surface area contributed by atoms with Crippen molar-refractivity contribution < 1.29 is 42.9 Å². The van der Waals surface area contributed by atoms with Gasteiger partial charge in [0.1, 0.15) is 28.7 Å². The number of anilines is 1. The largest absolute Gasteiger partial charge is 0.484 e. The van der Waals surface area contributed by atoms with Crippen molar-refractivity contribution in [1.29, 1.82) is 0 Å². The molecule has 1 fully saturated rings. The lowest BCUT2D eigenvalue weighted by Gasteiger charge is -2.47. The van der Waals surface area contributed by atoms with Gasteiger partial charge in [-0.1, -0.05) is 31.2 Å². The topological polar surface area (TPSA) is 159 Å². The summed E-state index contributed by atoms with van der Waals surface area (Å²) in [5.74, 6) is -3.25. The van der Waals surface area contributed by atoms with E-state index in [4.69, 9.17) is 15.6 Å². The molecule has 1 saturated heterocycles. The van der Waals surface area contributed by atoms with Crippen molar-refractivity contribution >= 4 is 41.0 Å². The van der Waals surface area contributed by atoms with E-state index in [-0.39, 0.29) is 37.0 Å². The molecule has 238 valence electrons. The zero-order valence-electron chi connectivity index (χ0n) is 24.3. The number of nitrogens with zero attached hydrogens (tertiary/aromatic N) is 1. The third kappa shape index (κ3) is 8.65. The maximum atomic E-state index is 13.6. The molecule has 0 spiro atoms. The van der Waals surface area contributed by atoms with Crippen LogP contribution in [0.3, 0.4) is 0 Å². The molecule has 2 unspecified atom stereocenters. The van der Waals surface area contributed by atoms with Crippen LogP contribution in [0.2, 0.25) is 0 Å². The van der Waals surface area contributed by atoms with Gasteiger partial charge in [0.2, 0.25) is 5.91 Å². The van der Waals surface area contributed by atoms with E-state index >= 15 is 0 Å². The highest BCUT2D eigenvalue weighted by Crippen LogP contribution is 2.46. The van der Waals surface area contributed by atoms with Crippen molar-refractivity contribution in [2.75, 3.05) is 23.8 Å². The summed E-state index contributed by atoms with van der Waals surface area (Å²) >= 11 is 1.26. The zero-order valence-corrected chi connectivity index (χ0v) is 25.1. The molecule has 0 bridgehead atoms. The Morgan fingerprint density at radius 2 is 1.60 bits per heavy atom. The predicted molar refractivity (Wildman–Crippen MR) is 164 cm³/mol. The first-order chi connectivity index (χ1) is 21.4. The molecule has 5 N–H and O–H groups in total. The number of carboxylic acid groups (broad SMARTS) is 1. The Hall–Kier alpha value is -4.33. The van der Waals surface area contributed by atoms with Gasteiger partial charge in [0.15, 0.2) is 12.4 Å². The fourth-order valence-corrected chi connectivity index (χ4v) is 6.07. The number of aliphatic hydroxyl groups is 1. The van der Waals surface area contributed by atoms with Crippen LogP contribution in [0.5, 0.6) is 5.75 Å². The van der Waals surface area contributed by atoms with Crippen LogP contribution in [0.25, 0.3) is 0 Å². The van der Waals surface area contributed by atoms with E-state index in [1.165, 1.54) is 60.3 Å². The molecule has 1 heterocycles. The van der Waals surface area contributed by atoms with Crippen molar-refractivity contribution in [3.8, 4) is 5.75 Å². The van der Waals surface area contributed by atoms with Crippen molar-refractivity contribution in [3.05, 3.63) is 95.6 Å². The minimum absolute atomic E-state index is 0.0981. The van der Waals surface area contributed by atoms with Gasteiger partial charge in [-0.05, 0) is 65.6 Å². The van der Waals surface area contributed by atoms with E-state index in [0.717, 1.165) is 5.56 Å². The Bertz CT molecular complexity index is 1510. The van der Waals surface area contributed by atoms with Crippen molar-refractivity contribution in [2.24, 2.45) is 11.7 Å². The van der Waals surface area contributed by atoms with E-state index < -0.39 is 52.9 Å². The molecule has 0 radical (unpaired) electrons. The number of nitrogens with two attached hydrogens (primary N) is 1. The molecule has 0 aromatic heterocycles. The van der Waals surface area contributed by atoms with Gasteiger partial charge in [0.05, 0.1) is 18.7 Å². The predicted octanol–water partition coefficient (Wildman–Crippen LogP) is 3.39. The number of hydrogen-bond donors (Lipinski definition) is 4. The minimum Gasteiger partial charge on any atom is -0.484 e. The fourth-order valence-electron chi connectivity index (χ4n) is 4.77. The molecular weight excluding hydrogens is 608 g/mol. The van der Waals surface area contributed by atoms with Gasteiger partial charge >= 0.3 is 5.97 Å². The monoisotopic (exact) mass is 641 g/mol. The number of Topliss-reactive ketones (excluding diaryl/α,β-unsaturated/α-hetero) is 1. The number of ketones is 1. The van der Waals surface area contributed by atoms with E-state index in [9.17, 15) is 33.1 Å². The number of hydrogen-bond acceptors (Lipinski definition) is 8. The average molecular weight is 642 g/mol. The summed E-state index contributed by atoms with van der Waals surface area (Å²) in [6.45, 7) is 0.879. The van der Waals surface area contributed by atoms with Crippen LogP contribution in [0.4, 0.5) is 14.5 Å². The molecule has 3 aromatic carbocycles. The lowest BCUT2D eigenvalue weighted by molar-refractivity contribution is -0.140. The molecule has 0 aliphatic carbocycles. The average Bonchev–Trinajstić information content (AvgIpc) is 3.02. The summed E-state index contributed by atoms with van der Waals surface area (Å²) in [7, 11) is 0. The summed E-state index contributed by atoms with van der Waals surface area (Å²) in [5.41, 5.74) is 7.28. The summed E-state index contributed by atoms with van der Waals surface area (Å²) in [6.07, 6.45) is -1.02. The van der Waals surface area contributed by atoms with Crippen LogP contribution in [-0.2, 0) is 19.2 Å². The summed E-state index contributed by atoms with van der Waals surface area (Å²) in [4.78, 5) is 50.0. The number of benzene rings is 3. The Labute approximate surface area is 262 Å². The molecular formula is C32H33F2N3O7S. The molecule has 4 rings (SSSR count). The van der Waals surface area contributed by atoms with E-state index in [0.29, 0.717) is 17.0 Å².